The number of benzene rings is 1. The van der Waals surface area contributed by atoms with E-state index < -0.39 is 11.6 Å². The van der Waals surface area contributed by atoms with Gasteiger partial charge in [0.2, 0.25) is 0 Å². The summed E-state index contributed by atoms with van der Waals surface area (Å²) < 4.78 is 26.8. The maximum atomic E-state index is 13.6. The summed E-state index contributed by atoms with van der Waals surface area (Å²) in [6.07, 6.45) is 5.51. The van der Waals surface area contributed by atoms with Crippen molar-refractivity contribution in [2.24, 2.45) is 5.92 Å². The molecule has 4 heteroatoms. The lowest BCUT2D eigenvalue weighted by molar-refractivity contribution is -0.122. The van der Waals surface area contributed by atoms with Crippen LogP contribution in [0, 0.1) is 17.6 Å². The molecule has 2 fully saturated rings. The van der Waals surface area contributed by atoms with Crippen molar-refractivity contribution in [3.63, 3.8) is 0 Å². The number of rotatable bonds is 3. The number of hydrogen-bond acceptors (Lipinski definition) is 2. The zero-order chi connectivity index (χ0) is 14.1. The fourth-order valence-electron chi connectivity index (χ4n) is 3.33. The maximum absolute atomic E-state index is 13.6. The van der Waals surface area contributed by atoms with E-state index in [-0.39, 0.29) is 23.7 Å². The number of fused-ring (bicyclic) bond motifs is 2. The predicted molar refractivity (Wildman–Crippen MR) is 76.8 cm³/mol. The molecule has 0 saturated carbocycles. The first kappa shape index (κ1) is 14.1. The van der Waals surface area contributed by atoms with E-state index in [1.807, 2.05) is 11.8 Å². The molecule has 0 spiro atoms. The van der Waals surface area contributed by atoms with Gasteiger partial charge in [-0.15, -0.1) is 0 Å². The molecule has 2 aliphatic heterocycles. The van der Waals surface area contributed by atoms with E-state index in [4.69, 9.17) is 0 Å². The second-order valence-corrected chi connectivity index (χ2v) is 7.46. The number of thioether (sulfide) groups is 1. The Labute approximate surface area is 122 Å². The van der Waals surface area contributed by atoms with Crippen LogP contribution < -0.4 is 0 Å². The Bertz CT molecular complexity index is 505. The monoisotopic (exact) mass is 296 g/mol. The Kier molecular flexibility index (Phi) is 4.11. The summed E-state index contributed by atoms with van der Waals surface area (Å²) >= 11 is 2.02. The van der Waals surface area contributed by atoms with Crippen molar-refractivity contribution in [2.75, 3.05) is 0 Å². The standard InChI is InChI=1S/C16H18F2OS/c17-12-4-5-15(18)10(6-12)9-16(19)11-7-13-2-1-3-14(8-11)20-13/h4-6,11,13-14H,1-3,7-9H2. The zero-order valence-electron chi connectivity index (χ0n) is 11.3. The topological polar surface area (TPSA) is 17.1 Å². The molecule has 1 aromatic carbocycles. The van der Waals surface area contributed by atoms with Gasteiger partial charge in [-0.25, -0.2) is 8.78 Å². The highest BCUT2D eigenvalue weighted by atomic mass is 32.2. The van der Waals surface area contributed by atoms with Crippen molar-refractivity contribution in [1.29, 1.82) is 0 Å². The molecule has 2 bridgehead atoms. The minimum Gasteiger partial charge on any atom is -0.299 e. The molecular formula is C16H18F2OS. The smallest absolute Gasteiger partial charge is 0.140 e. The van der Waals surface area contributed by atoms with Gasteiger partial charge in [-0.3, -0.25) is 4.79 Å². The van der Waals surface area contributed by atoms with E-state index in [0.29, 0.717) is 10.5 Å². The molecule has 0 aliphatic carbocycles. The Balaban J connectivity index is 1.68. The molecule has 2 saturated heterocycles. The van der Waals surface area contributed by atoms with Gasteiger partial charge in [-0.05, 0) is 49.4 Å². The van der Waals surface area contributed by atoms with Crippen LogP contribution in [0.25, 0.3) is 0 Å². The van der Waals surface area contributed by atoms with Gasteiger partial charge >= 0.3 is 0 Å². The third-order valence-electron chi connectivity index (χ3n) is 4.36. The summed E-state index contributed by atoms with van der Waals surface area (Å²) in [6.45, 7) is 0. The van der Waals surface area contributed by atoms with Crippen molar-refractivity contribution in [2.45, 2.75) is 49.0 Å². The average Bonchev–Trinajstić information content (AvgIpc) is 2.42. The van der Waals surface area contributed by atoms with Crippen LogP contribution in [0.4, 0.5) is 8.78 Å². The van der Waals surface area contributed by atoms with Crippen molar-refractivity contribution >= 4 is 17.5 Å². The summed E-state index contributed by atoms with van der Waals surface area (Å²) in [7, 11) is 0. The molecule has 0 aromatic heterocycles. The first-order chi connectivity index (χ1) is 9.61. The highest BCUT2D eigenvalue weighted by molar-refractivity contribution is 8.00. The number of ketones is 1. The predicted octanol–water partition coefficient (Wildman–Crippen LogP) is 4.14. The number of carbonyl (C=O) groups is 1. The highest BCUT2D eigenvalue weighted by Crippen LogP contribution is 2.44. The molecule has 0 N–H and O–H groups in total. The van der Waals surface area contributed by atoms with Crippen LogP contribution in [-0.4, -0.2) is 16.3 Å². The lowest BCUT2D eigenvalue weighted by atomic mass is 9.85. The summed E-state index contributed by atoms with van der Waals surface area (Å²) in [4.78, 5) is 12.4. The van der Waals surface area contributed by atoms with Gasteiger partial charge in [0.15, 0.2) is 0 Å². The van der Waals surface area contributed by atoms with Gasteiger partial charge < -0.3 is 0 Å². The molecule has 3 rings (SSSR count). The molecule has 1 nitrogen and oxygen atoms in total. The molecular weight excluding hydrogens is 278 g/mol. The Morgan fingerprint density at radius 2 is 1.90 bits per heavy atom. The fraction of sp³-hybridized carbons (Fsp3) is 0.562. The lowest BCUT2D eigenvalue weighted by Crippen LogP contribution is -2.33. The molecule has 2 aliphatic rings. The maximum Gasteiger partial charge on any atom is 0.140 e. The van der Waals surface area contributed by atoms with E-state index >= 15 is 0 Å². The van der Waals surface area contributed by atoms with Gasteiger partial charge in [0, 0.05) is 22.8 Å². The third-order valence-corrected chi connectivity index (χ3v) is 5.99. The van der Waals surface area contributed by atoms with Crippen molar-refractivity contribution < 1.29 is 13.6 Å². The van der Waals surface area contributed by atoms with Crippen molar-refractivity contribution in [3.8, 4) is 0 Å². The summed E-state index contributed by atoms with van der Waals surface area (Å²) in [5.41, 5.74) is 0.193. The number of hydrogen-bond donors (Lipinski definition) is 0. The highest BCUT2D eigenvalue weighted by Gasteiger charge is 2.35. The van der Waals surface area contributed by atoms with Crippen LogP contribution in [0.15, 0.2) is 18.2 Å². The van der Waals surface area contributed by atoms with Crippen LogP contribution in [-0.2, 0) is 11.2 Å². The second kappa shape index (κ2) is 5.84. The summed E-state index contributed by atoms with van der Waals surface area (Å²) in [6, 6.07) is 3.33. The van der Waals surface area contributed by atoms with E-state index in [1.165, 1.54) is 19.3 Å². The Hall–Kier alpha value is -0.900. The third kappa shape index (κ3) is 3.05. The second-order valence-electron chi connectivity index (χ2n) is 5.86. The largest absolute Gasteiger partial charge is 0.299 e. The molecule has 1 aromatic rings. The Morgan fingerprint density at radius 1 is 1.20 bits per heavy atom. The van der Waals surface area contributed by atoms with Gasteiger partial charge in [0.05, 0.1) is 0 Å². The zero-order valence-corrected chi connectivity index (χ0v) is 12.1. The lowest BCUT2D eigenvalue weighted by Gasteiger charge is -2.38. The first-order valence-corrected chi connectivity index (χ1v) is 8.18. The molecule has 108 valence electrons. The molecule has 0 radical (unpaired) electrons. The molecule has 2 atom stereocenters. The number of Topliss-reactive ketones (excluding diaryl/α,β-unsaturated/α-hetero) is 1. The summed E-state index contributed by atoms with van der Waals surface area (Å²) in [5, 5.41) is 1.18. The quantitative estimate of drug-likeness (QED) is 0.834. The molecule has 20 heavy (non-hydrogen) atoms. The summed E-state index contributed by atoms with van der Waals surface area (Å²) in [5.74, 6) is -0.851. The van der Waals surface area contributed by atoms with Gasteiger partial charge in [-0.2, -0.15) is 11.8 Å². The van der Waals surface area contributed by atoms with Crippen LogP contribution >= 0.6 is 11.8 Å². The fourth-order valence-corrected chi connectivity index (χ4v) is 5.17. The van der Waals surface area contributed by atoms with Gasteiger partial charge in [-0.1, -0.05) is 6.42 Å². The minimum atomic E-state index is -0.481. The van der Waals surface area contributed by atoms with Crippen LogP contribution in [0.2, 0.25) is 0 Å². The molecule has 2 unspecified atom stereocenters. The number of halogens is 2. The van der Waals surface area contributed by atoms with E-state index in [0.717, 1.165) is 31.0 Å². The molecule has 2 heterocycles. The van der Waals surface area contributed by atoms with Crippen LogP contribution in [0.5, 0.6) is 0 Å². The first-order valence-electron chi connectivity index (χ1n) is 7.24. The van der Waals surface area contributed by atoms with Crippen molar-refractivity contribution in [3.05, 3.63) is 35.4 Å². The van der Waals surface area contributed by atoms with Crippen molar-refractivity contribution in [1.82, 2.24) is 0 Å². The normalized spacial score (nSPS) is 29.2. The molecule has 0 amide bonds. The number of carbonyl (C=O) groups excluding carboxylic acids is 1. The van der Waals surface area contributed by atoms with Crippen LogP contribution in [0.3, 0.4) is 0 Å². The minimum absolute atomic E-state index is 0.0262. The van der Waals surface area contributed by atoms with Gasteiger partial charge in [0.25, 0.3) is 0 Å². The average molecular weight is 296 g/mol. The SMILES string of the molecule is O=C(Cc1cc(F)ccc1F)C1CC2CCCC(C1)S2. The van der Waals surface area contributed by atoms with Gasteiger partial charge in [0.1, 0.15) is 17.4 Å². The van der Waals surface area contributed by atoms with E-state index in [9.17, 15) is 13.6 Å². The Morgan fingerprint density at radius 3 is 2.60 bits per heavy atom. The van der Waals surface area contributed by atoms with E-state index in [1.54, 1.807) is 0 Å². The van der Waals surface area contributed by atoms with Crippen LogP contribution in [0.1, 0.15) is 37.7 Å². The van der Waals surface area contributed by atoms with E-state index in [2.05, 4.69) is 0 Å².